The molecule has 2 aromatic rings. The number of carboxylic acid groups (broad SMARTS) is 1. The summed E-state index contributed by atoms with van der Waals surface area (Å²) in [6.07, 6.45) is 3.23. The first-order chi connectivity index (χ1) is 10.2. The van der Waals surface area contributed by atoms with E-state index in [0.29, 0.717) is 13.0 Å². The molecule has 110 valence electrons. The SMILES string of the molecule is O=C(O)/C=C/c1csc(COc2ccccc2CCO)c1. The van der Waals surface area contributed by atoms with Crippen molar-refractivity contribution in [2.24, 2.45) is 0 Å². The van der Waals surface area contributed by atoms with Crippen molar-refractivity contribution in [2.75, 3.05) is 6.61 Å². The van der Waals surface area contributed by atoms with E-state index in [0.717, 1.165) is 27.8 Å². The van der Waals surface area contributed by atoms with Crippen molar-refractivity contribution in [3.05, 3.63) is 57.8 Å². The van der Waals surface area contributed by atoms with Crippen molar-refractivity contribution in [1.29, 1.82) is 0 Å². The number of aliphatic hydroxyl groups is 1. The van der Waals surface area contributed by atoms with Gasteiger partial charge in [-0.25, -0.2) is 4.79 Å². The Morgan fingerprint density at radius 2 is 2.14 bits per heavy atom. The molecule has 0 aliphatic heterocycles. The van der Waals surface area contributed by atoms with Gasteiger partial charge in [-0.2, -0.15) is 0 Å². The van der Waals surface area contributed by atoms with Crippen LogP contribution in [0.4, 0.5) is 0 Å². The van der Waals surface area contributed by atoms with Crippen LogP contribution in [0.25, 0.3) is 6.08 Å². The number of carboxylic acids is 1. The smallest absolute Gasteiger partial charge is 0.328 e. The fourth-order valence-corrected chi connectivity index (χ4v) is 2.61. The van der Waals surface area contributed by atoms with Gasteiger partial charge in [0.15, 0.2) is 0 Å². The zero-order valence-electron chi connectivity index (χ0n) is 11.4. The van der Waals surface area contributed by atoms with E-state index in [1.165, 1.54) is 11.3 Å². The van der Waals surface area contributed by atoms with Crippen LogP contribution in [-0.2, 0) is 17.8 Å². The predicted octanol–water partition coefficient (Wildman–Crippen LogP) is 2.96. The van der Waals surface area contributed by atoms with Crippen LogP contribution in [0.1, 0.15) is 16.0 Å². The molecular formula is C16H16O4S. The van der Waals surface area contributed by atoms with Crippen LogP contribution in [0.15, 0.2) is 41.8 Å². The Morgan fingerprint density at radius 1 is 1.33 bits per heavy atom. The number of rotatable bonds is 7. The van der Waals surface area contributed by atoms with Crippen LogP contribution in [0.5, 0.6) is 5.75 Å². The lowest BCUT2D eigenvalue weighted by Crippen LogP contribution is -1.99. The molecule has 1 heterocycles. The zero-order valence-corrected chi connectivity index (χ0v) is 12.2. The molecular weight excluding hydrogens is 288 g/mol. The lowest BCUT2D eigenvalue weighted by Gasteiger charge is -2.09. The molecule has 0 unspecified atom stereocenters. The maximum atomic E-state index is 10.5. The van der Waals surface area contributed by atoms with Gasteiger partial charge in [0.2, 0.25) is 0 Å². The molecule has 0 atom stereocenters. The van der Waals surface area contributed by atoms with Crippen molar-refractivity contribution in [3.8, 4) is 5.75 Å². The van der Waals surface area contributed by atoms with Crippen molar-refractivity contribution in [3.63, 3.8) is 0 Å². The van der Waals surface area contributed by atoms with E-state index in [9.17, 15) is 4.79 Å². The topological polar surface area (TPSA) is 66.8 Å². The van der Waals surface area contributed by atoms with Gasteiger partial charge in [0.1, 0.15) is 12.4 Å². The summed E-state index contributed by atoms with van der Waals surface area (Å²) in [6.45, 7) is 0.511. The monoisotopic (exact) mass is 304 g/mol. The minimum absolute atomic E-state index is 0.0868. The molecule has 2 rings (SSSR count). The van der Waals surface area contributed by atoms with Crippen molar-refractivity contribution in [2.45, 2.75) is 13.0 Å². The van der Waals surface area contributed by atoms with E-state index in [1.54, 1.807) is 6.08 Å². The summed E-state index contributed by atoms with van der Waals surface area (Å²) in [7, 11) is 0. The lowest BCUT2D eigenvalue weighted by molar-refractivity contribution is -0.131. The van der Waals surface area contributed by atoms with Gasteiger partial charge in [0, 0.05) is 17.6 Å². The third-order valence-corrected chi connectivity index (χ3v) is 3.74. The second kappa shape index (κ2) is 7.61. The van der Waals surface area contributed by atoms with Gasteiger partial charge in [0.05, 0.1) is 0 Å². The highest BCUT2D eigenvalue weighted by Crippen LogP contribution is 2.22. The summed E-state index contributed by atoms with van der Waals surface area (Å²) in [5.74, 6) is -0.195. The molecule has 0 saturated carbocycles. The van der Waals surface area contributed by atoms with Gasteiger partial charge in [-0.05, 0) is 41.1 Å². The molecule has 0 amide bonds. The molecule has 0 aliphatic carbocycles. The minimum atomic E-state index is -0.961. The van der Waals surface area contributed by atoms with Gasteiger partial charge in [-0.1, -0.05) is 18.2 Å². The average molecular weight is 304 g/mol. The molecule has 0 radical (unpaired) electrons. The second-order valence-electron chi connectivity index (χ2n) is 4.39. The second-order valence-corrected chi connectivity index (χ2v) is 5.38. The number of aliphatic hydroxyl groups excluding tert-OH is 1. The maximum absolute atomic E-state index is 10.5. The zero-order chi connectivity index (χ0) is 15.1. The number of benzene rings is 1. The molecule has 0 fully saturated rings. The average Bonchev–Trinajstić information content (AvgIpc) is 2.92. The Hall–Kier alpha value is -2.11. The Balaban J connectivity index is 1.99. The fourth-order valence-electron chi connectivity index (χ4n) is 1.85. The predicted molar refractivity (Wildman–Crippen MR) is 82.6 cm³/mol. The lowest BCUT2D eigenvalue weighted by atomic mass is 10.1. The Labute approximate surface area is 126 Å². The number of ether oxygens (including phenoxy) is 1. The molecule has 2 N–H and O–H groups in total. The summed E-state index contributed by atoms with van der Waals surface area (Å²) in [5.41, 5.74) is 1.83. The summed E-state index contributed by atoms with van der Waals surface area (Å²) < 4.78 is 5.77. The molecule has 4 nitrogen and oxygen atoms in total. The van der Waals surface area contributed by atoms with Gasteiger partial charge in [-0.15, -0.1) is 11.3 Å². The van der Waals surface area contributed by atoms with Gasteiger partial charge in [-0.3, -0.25) is 0 Å². The number of hydrogen-bond donors (Lipinski definition) is 2. The number of aliphatic carboxylic acids is 1. The fraction of sp³-hybridized carbons (Fsp3) is 0.188. The third-order valence-electron chi connectivity index (χ3n) is 2.82. The third kappa shape index (κ3) is 4.73. The molecule has 1 aromatic heterocycles. The van der Waals surface area contributed by atoms with Crippen LogP contribution >= 0.6 is 11.3 Å². The number of carbonyl (C=O) groups is 1. The van der Waals surface area contributed by atoms with Gasteiger partial charge < -0.3 is 14.9 Å². The first-order valence-electron chi connectivity index (χ1n) is 6.49. The first kappa shape index (κ1) is 15.3. The Kier molecular flexibility index (Phi) is 5.54. The van der Waals surface area contributed by atoms with Crippen LogP contribution in [0.3, 0.4) is 0 Å². The van der Waals surface area contributed by atoms with Crippen molar-refractivity contribution >= 4 is 23.4 Å². The van der Waals surface area contributed by atoms with E-state index >= 15 is 0 Å². The summed E-state index contributed by atoms with van der Waals surface area (Å²) >= 11 is 1.52. The maximum Gasteiger partial charge on any atom is 0.328 e. The Morgan fingerprint density at radius 3 is 2.90 bits per heavy atom. The largest absolute Gasteiger partial charge is 0.488 e. The standard InChI is InChI=1S/C16H16O4S/c17-8-7-13-3-1-2-4-15(13)20-10-14-9-12(11-21-14)5-6-16(18)19/h1-6,9,11,17H,7-8,10H2,(H,18,19)/b6-5+. The first-order valence-corrected chi connectivity index (χ1v) is 7.37. The van der Waals surface area contributed by atoms with Crippen LogP contribution in [0.2, 0.25) is 0 Å². The summed E-state index contributed by atoms with van der Waals surface area (Å²) in [6, 6.07) is 9.52. The van der Waals surface area contributed by atoms with E-state index in [1.807, 2.05) is 35.7 Å². The minimum Gasteiger partial charge on any atom is -0.488 e. The van der Waals surface area contributed by atoms with E-state index in [4.69, 9.17) is 14.9 Å². The van der Waals surface area contributed by atoms with E-state index in [-0.39, 0.29) is 6.61 Å². The molecule has 0 spiro atoms. The van der Waals surface area contributed by atoms with Crippen LogP contribution in [0, 0.1) is 0 Å². The van der Waals surface area contributed by atoms with Crippen molar-refractivity contribution < 1.29 is 19.7 Å². The molecule has 21 heavy (non-hydrogen) atoms. The Bertz CT molecular complexity index is 631. The molecule has 0 saturated heterocycles. The highest BCUT2D eigenvalue weighted by atomic mass is 32.1. The highest BCUT2D eigenvalue weighted by molar-refractivity contribution is 7.10. The van der Waals surface area contributed by atoms with Crippen molar-refractivity contribution in [1.82, 2.24) is 0 Å². The van der Waals surface area contributed by atoms with Crippen LogP contribution < -0.4 is 4.74 Å². The number of hydrogen-bond acceptors (Lipinski definition) is 4. The number of para-hydroxylation sites is 1. The van der Waals surface area contributed by atoms with Gasteiger partial charge >= 0.3 is 5.97 Å². The van der Waals surface area contributed by atoms with E-state index in [2.05, 4.69) is 0 Å². The van der Waals surface area contributed by atoms with Crippen LogP contribution in [-0.4, -0.2) is 22.8 Å². The molecule has 5 heteroatoms. The highest BCUT2D eigenvalue weighted by Gasteiger charge is 2.04. The molecule has 1 aromatic carbocycles. The van der Waals surface area contributed by atoms with Gasteiger partial charge in [0.25, 0.3) is 0 Å². The van der Waals surface area contributed by atoms with E-state index < -0.39 is 5.97 Å². The summed E-state index contributed by atoms with van der Waals surface area (Å²) in [4.78, 5) is 11.5. The molecule has 0 bridgehead atoms. The molecule has 0 aliphatic rings. The quantitative estimate of drug-likeness (QED) is 0.772. The normalized spacial score (nSPS) is 10.9. The number of thiophene rings is 1. The summed E-state index contributed by atoms with van der Waals surface area (Å²) in [5, 5.41) is 19.5.